The van der Waals surface area contributed by atoms with Gasteiger partial charge in [-0.3, -0.25) is 14.4 Å². The zero-order chi connectivity index (χ0) is 22.5. The third-order valence-corrected chi connectivity index (χ3v) is 5.32. The van der Waals surface area contributed by atoms with E-state index in [9.17, 15) is 18.8 Å². The van der Waals surface area contributed by atoms with Gasteiger partial charge in [0.1, 0.15) is 5.82 Å². The van der Waals surface area contributed by atoms with Crippen molar-refractivity contribution in [3.63, 3.8) is 0 Å². The molecule has 0 bridgehead atoms. The summed E-state index contributed by atoms with van der Waals surface area (Å²) >= 11 is 0. The maximum Gasteiger partial charge on any atom is 0.307 e. The first-order valence-electron chi connectivity index (χ1n) is 10.7. The number of hydrogen-bond acceptors (Lipinski definition) is 5. The molecule has 0 radical (unpaired) electrons. The predicted octanol–water partition coefficient (Wildman–Crippen LogP) is 3.11. The molecule has 2 aliphatic rings. The monoisotopic (exact) mass is 437 g/mol. The minimum Gasteiger partial charge on any atom is -0.447 e. The van der Waals surface area contributed by atoms with E-state index >= 15 is 0 Å². The third kappa shape index (κ3) is 5.57. The molecule has 166 valence electrons. The number of hydrazone groups is 1. The molecule has 2 amide bonds. The van der Waals surface area contributed by atoms with Crippen molar-refractivity contribution < 1.29 is 23.5 Å². The SMILES string of the molecule is O=C(CCC(=O)N1CCC(c2ccccc2)=N1)OC(C(=O)NC1CC1)c1ccc(F)cc1. The first kappa shape index (κ1) is 21.7. The number of ether oxygens (including phenoxy) is 1. The minimum atomic E-state index is -1.19. The van der Waals surface area contributed by atoms with Gasteiger partial charge in [-0.25, -0.2) is 9.40 Å². The lowest BCUT2D eigenvalue weighted by Gasteiger charge is -2.18. The Kier molecular flexibility index (Phi) is 6.58. The predicted molar refractivity (Wildman–Crippen MR) is 115 cm³/mol. The van der Waals surface area contributed by atoms with Gasteiger partial charge in [0.15, 0.2) is 0 Å². The number of carbonyl (C=O) groups is 3. The van der Waals surface area contributed by atoms with Crippen LogP contribution >= 0.6 is 0 Å². The summed E-state index contributed by atoms with van der Waals surface area (Å²) in [5.41, 5.74) is 2.17. The summed E-state index contributed by atoms with van der Waals surface area (Å²) in [5, 5.41) is 8.54. The number of amides is 2. The van der Waals surface area contributed by atoms with Gasteiger partial charge in [0, 0.05) is 24.4 Å². The molecule has 1 heterocycles. The highest BCUT2D eigenvalue weighted by Gasteiger charge is 2.31. The fourth-order valence-electron chi connectivity index (χ4n) is 3.41. The van der Waals surface area contributed by atoms with E-state index in [0.717, 1.165) is 24.1 Å². The number of benzene rings is 2. The Morgan fingerprint density at radius 1 is 1.06 bits per heavy atom. The molecule has 8 heteroatoms. The molecule has 1 aliphatic heterocycles. The highest BCUT2D eigenvalue weighted by Crippen LogP contribution is 2.24. The number of halogens is 1. The Morgan fingerprint density at radius 3 is 2.47 bits per heavy atom. The van der Waals surface area contributed by atoms with Gasteiger partial charge in [0.25, 0.3) is 5.91 Å². The molecular formula is C24H24FN3O4. The van der Waals surface area contributed by atoms with E-state index in [1.165, 1.54) is 29.3 Å². The fraction of sp³-hybridized carbons (Fsp3) is 0.333. The van der Waals surface area contributed by atoms with Gasteiger partial charge in [-0.2, -0.15) is 5.10 Å². The second-order valence-electron chi connectivity index (χ2n) is 7.88. The summed E-state index contributed by atoms with van der Waals surface area (Å²) in [6.07, 6.45) is 0.962. The van der Waals surface area contributed by atoms with Crippen LogP contribution in [-0.2, 0) is 19.1 Å². The molecule has 1 fully saturated rings. The van der Waals surface area contributed by atoms with Crippen LogP contribution in [0.2, 0.25) is 0 Å². The lowest BCUT2D eigenvalue weighted by molar-refractivity contribution is -0.157. The number of carbonyl (C=O) groups excluding carboxylic acids is 3. The Hall–Kier alpha value is -3.55. The average Bonchev–Trinajstić information content (AvgIpc) is 3.48. The lowest BCUT2D eigenvalue weighted by Crippen LogP contribution is -2.33. The van der Waals surface area contributed by atoms with E-state index in [-0.39, 0.29) is 24.8 Å². The van der Waals surface area contributed by atoms with Crippen LogP contribution in [0.25, 0.3) is 0 Å². The standard InChI is InChI=1S/C24H24FN3O4/c25-18-8-6-17(7-9-18)23(24(31)26-19-10-11-19)32-22(30)13-12-21(29)28-15-14-20(27-28)16-4-2-1-3-5-16/h1-9,19,23H,10-15H2,(H,26,31). The van der Waals surface area contributed by atoms with Crippen LogP contribution in [-0.4, -0.2) is 41.1 Å². The first-order chi connectivity index (χ1) is 15.5. The number of hydrogen-bond donors (Lipinski definition) is 1. The number of rotatable bonds is 8. The second kappa shape index (κ2) is 9.72. The molecule has 0 spiro atoms. The van der Waals surface area contributed by atoms with Gasteiger partial charge in [-0.15, -0.1) is 0 Å². The molecule has 2 aromatic rings. The van der Waals surface area contributed by atoms with Crippen molar-refractivity contribution in [1.82, 2.24) is 10.3 Å². The molecule has 1 unspecified atom stereocenters. The summed E-state index contributed by atoms with van der Waals surface area (Å²) in [5.74, 6) is -1.86. The molecule has 32 heavy (non-hydrogen) atoms. The summed E-state index contributed by atoms with van der Waals surface area (Å²) in [7, 11) is 0. The molecule has 7 nitrogen and oxygen atoms in total. The Bertz CT molecular complexity index is 1020. The number of nitrogens with one attached hydrogen (secondary N) is 1. The van der Waals surface area contributed by atoms with Crippen LogP contribution in [0.1, 0.15) is 49.3 Å². The molecular weight excluding hydrogens is 413 g/mol. The minimum absolute atomic E-state index is 0.0786. The molecule has 2 aromatic carbocycles. The smallest absolute Gasteiger partial charge is 0.307 e. The molecule has 1 aliphatic carbocycles. The Labute approximate surface area is 185 Å². The normalized spacial score (nSPS) is 16.3. The average molecular weight is 437 g/mol. The van der Waals surface area contributed by atoms with Crippen molar-refractivity contribution in [2.45, 2.75) is 44.2 Å². The van der Waals surface area contributed by atoms with Crippen molar-refractivity contribution in [1.29, 1.82) is 0 Å². The van der Waals surface area contributed by atoms with Crippen LogP contribution in [0.3, 0.4) is 0 Å². The molecule has 0 aromatic heterocycles. The number of nitrogens with zero attached hydrogens (tertiary/aromatic N) is 2. The van der Waals surface area contributed by atoms with Crippen molar-refractivity contribution in [3.8, 4) is 0 Å². The van der Waals surface area contributed by atoms with Gasteiger partial charge >= 0.3 is 5.97 Å². The molecule has 0 saturated heterocycles. The largest absolute Gasteiger partial charge is 0.447 e. The zero-order valence-electron chi connectivity index (χ0n) is 17.5. The van der Waals surface area contributed by atoms with Gasteiger partial charge in [-0.1, -0.05) is 42.5 Å². The van der Waals surface area contributed by atoms with E-state index in [2.05, 4.69) is 10.4 Å². The zero-order valence-corrected chi connectivity index (χ0v) is 17.5. The van der Waals surface area contributed by atoms with Crippen LogP contribution in [0.4, 0.5) is 4.39 Å². The van der Waals surface area contributed by atoms with E-state index in [1.807, 2.05) is 30.3 Å². The van der Waals surface area contributed by atoms with Crippen LogP contribution in [0.15, 0.2) is 59.7 Å². The summed E-state index contributed by atoms with van der Waals surface area (Å²) in [6.45, 7) is 0.458. The van der Waals surface area contributed by atoms with Gasteiger partial charge in [0.2, 0.25) is 12.0 Å². The quantitative estimate of drug-likeness (QED) is 0.643. The molecule has 1 atom stereocenters. The van der Waals surface area contributed by atoms with Crippen LogP contribution in [0.5, 0.6) is 0 Å². The third-order valence-electron chi connectivity index (χ3n) is 5.32. The first-order valence-corrected chi connectivity index (χ1v) is 10.7. The second-order valence-corrected chi connectivity index (χ2v) is 7.88. The summed E-state index contributed by atoms with van der Waals surface area (Å²) in [4.78, 5) is 37.5. The van der Waals surface area contributed by atoms with E-state index in [1.54, 1.807) is 0 Å². The Morgan fingerprint density at radius 2 is 1.78 bits per heavy atom. The maximum absolute atomic E-state index is 13.3. The summed E-state index contributed by atoms with van der Waals surface area (Å²) < 4.78 is 18.7. The van der Waals surface area contributed by atoms with E-state index in [0.29, 0.717) is 18.5 Å². The Balaban J connectivity index is 1.33. The maximum atomic E-state index is 13.3. The van der Waals surface area contributed by atoms with Gasteiger partial charge in [-0.05, 0) is 30.5 Å². The number of esters is 1. The molecule has 1 N–H and O–H groups in total. The molecule has 4 rings (SSSR count). The van der Waals surface area contributed by atoms with Crippen molar-refractivity contribution >= 4 is 23.5 Å². The molecule has 1 saturated carbocycles. The highest BCUT2D eigenvalue weighted by atomic mass is 19.1. The highest BCUT2D eigenvalue weighted by molar-refractivity contribution is 6.02. The van der Waals surface area contributed by atoms with Gasteiger partial charge < -0.3 is 10.1 Å². The lowest BCUT2D eigenvalue weighted by atomic mass is 10.1. The van der Waals surface area contributed by atoms with E-state index < -0.39 is 23.8 Å². The van der Waals surface area contributed by atoms with Crippen molar-refractivity contribution in [2.75, 3.05) is 6.54 Å². The van der Waals surface area contributed by atoms with Crippen LogP contribution < -0.4 is 5.32 Å². The van der Waals surface area contributed by atoms with Crippen molar-refractivity contribution in [2.24, 2.45) is 5.10 Å². The summed E-state index contributed by atoms with van der Waals surface area (Å²) in [6, 6.07) is 14.9. The fourth-order valence-corrected chi connectivity index (χ4v) is 3.41. The van der Waals surface area contributed by atoms with E-state index in [4.69, 9.17) is 4.74 Å². The van der Waals surface area contributed by atoms with Gasteiger partial charge in [0.05, 0.1) is 18.7 Å². The topological polar surface area (TPSA) is 88.1 Å². The van der Waals surface area contributed by atoms with Crippen LogP contribution in [0, 0.1) is 5.82 Å². The van der Waals surface area contributed by atoms with Crippen molar-refractivity contribution in [3.05, 3.63) is 71.5 Å².